The van der Waals surface area contributed by atoms with Crippen molar-refractivity contribution in [3.8, 4) is 0 Å². The Labute approximate surface area is 194 Å². The predicted molar refractivity (Wildman–Crippen MR) is 131 cm³/mol. The van der Waals surface area contributed by atoms with Crippen molar-refractivity contribution in [2.24, 2.45) is 5.11 Å². The average molecular weight is 474 g/mol. The molecule has 172 valence electrons. The van der Waals surface area contributed by atoms with Crippen molar-refractivity contribution in [2.75, 3.05) is 6.26 Å². The average Bonchev–Trinajstić information content (AvgIpc) is 2.82. The van der Waals surface area contributed by atoms with Gasteiger partial charge in [0.15, 0.2) is 0 Å². The van der Waals surface area contributed by atoms with Crippen LogP contribution >= 0.6 is 11.8 Å². The van der Waals surface area contributed by atoms with Crippen LogP contribution in [0.2, 0.25) is 5.04 Å². The summed E-state index contributed by atoms with van der Waals surface area (Å²) in [5.41, 5.74) is 8.25. The van der Waals surface area contributed by atoms with Crippen molar-refractivity contribution < 1.29 is 19.7 Å². The molecule has 0 aromatic heterocycles. The standard InChI is InChI=1S/C23H31N3O4SSi/c1-23(2,15-14-18-20(27)21(28)19(25-26-24)22(30-18)31-3)32(29,16-10-6-4-7-11-16)17-12-8-5-9-13-17/h4-13,18-22,27-29H,14-15H2,1-3H3/t18?,19-,20+,21?,22-/m0/s1. The molecule has 5 atom stereocenters. The molecule has 1 aliphatic rings. The number of aliphatic hydroxyl groups is 2. The number of benzene rings is 2. The van der Waals surface area contributed by atoms with Crippen LogP contribution in [0.4, 0.5) is 0 Å². The molecule has 2 aromatic carbocycles. The summed E-state index contributed by atoms with van der Waals surface area (Å²) in [5.74, 6) is 0. The lowest BCUT2D eigenvalue weighted by molar-refractivity contribution is -0.156. The Morgan fingerprint density at radius 3 is 2.03 bits per heavy atom. The molecule has 1 saturated heterocycles. The van der Waals surface area contributed by atoms with E-state index in [2.05, 4.69) is 23.9 Å². The molecular formula is C23H31N3O4SSi. The third-order valence-electron chi connectivity index (χ3n) is 6.50. The molecule has 2 aromatic rings. The number of nitrogens with zero attached hydrogens (tertiary/aromatic N) is 3. The highest BCUT2D eigenvalue weighted by Crippen LogP contribution is 2.42. The van der Waals surface area contributed by atoms with E-state index in [9.17, 15) is 15.0 Å². The van der Waals surface area contributed by atoms with E-state index in [-0.39, 0.29) is 0 Å². The lowest BCUT2D eigenvalue weighted by atomic mass is 9.93. The van der Waals surface area contributed by atoms with Gasteiger partial charge < -0.3 is 19.7 Å². The Morgan fingerprint density at radius 1 is 1.03 bits per heavy atom. The number of ether oxygens (including phenoxy) is 1. The fourth-order valence-corrected chi connectivity index (χ4v) is 9.02. The number of rotatable bonds is 8. The number of hydrogen-bond donors (Lipinski definition) is 3. The van der Waals surface area contributed by atoms with Gasteiger partial charge in [-0.05, 0) is 40.0 Å². The molecule has 32 heavy (non-hydrogen) atoms. The highest BCUT2D eigenvalue weighted by atomic mass is 32.2. The van der Waals surface area contributed by atoms with E-state index in [4.69, 9.17) is 10.3 Å². The Hall–Kier alpha value is -1.84. The number of aliphatic hydroxyl groups excluding tert-OH is 2. The Morgan fingerprint density at radius 2 is 1.56 bits per heavy atom. The monoisotopic (exact) mass is 473 g/mol. The molecule has 3 rings (SSSR count). The van der Waals surface area contributed by atoms with Crippen LogP contribution in [0.15, 0.2) is 65.8 Å². The van der Waals surface area contributed by atoms with Gasteiger partial charge in [0.2, 0.25) is 0 Å². The number of hydrogen-bond acceptors (Lipinski definition) is 6. The molecule has 1 aliphatic heterocycles. The first-order chi connectivity index (χ1) is 15.3. The largest absolute Gasteiger partial charge is 0.424 e. The molecule has 0 spiro atoms. The molecule has 2 unspecified atom stereocenters. The summed E-state index contributed by atoms with van der Waals surface area (Å²) in [7, 11) is -3.18. The van der Waals surface area contributed by atoms with Crippen LogP contribution in [0.3, 0.4) is 0 Å². The van der Waals surface area contributed by atoms with Gasteiger partial charge in [0.25, 0.3) is 8.32 Å². The second-order valence-corrected chi connectivity index (χ2v) is 13.7. The highest BCUT2D eigenvalue weighted by molar-refractivity contribution is 7.99. The fourth-order valence-electron chi connectivity index (χ4n) is 4.52. The van der Waals surface area contributed by atoms with Gasteiger partial charge in [-0.2, -0.15) is 0 Å². The summed E-state index contributed by atoms with van der Waals surface area (Å²) in [4.78, 5) is 15.1. The zero-order valence-corrected chi connectivity index (χ0v) is 20.4. The zero-order valence-electron chi connectivity index (χ0n) is 18.6. The second-order valence-electron chi connectivity index (χ2n) is 8.82. The lowest BCUT2D eigenvalue weighted by Gasteiger charge is -2.44. The van der Waals surface area contributed by atoms with Crippen LogP contribution < -0.4 is 10.4 Å². The molecule has 0 aliphatic carbocycles. The van der Waals surface area contributed by atoms with Gasteiger partial charge in [-0.25, -0.2) is 0 Å². The maximum absolute atomic E-state index is 12.3. The summed E-state index contributed by atoms with van der Waals surface area (Å²) in [6.07, 6.45) is -0.178. The maximum Gasteiger partial charge on any atom is 0.258 e. The van der Waals surface area contributed by atoms with E-state index < -0.39 is 43.1 Å². The Kier molecular flexibility index (Phi) is 8.05. The quantitative estimate of drug-likeness (QED) is 0.236. The van der Waals surface area contributed by atoms with Gasteiger partial charge in [0.05, 0.1) is 12.2 Å². The number of thioether (sulfide) groups is 1. The van der Waals surface area contributed by atoms with Gasteiger partial charge in [0.1, 0.15) is 17.6 Å². The molecule has 3 N–H and O–H groups in total. The number of azide groups is 1. The van der Waals surface area contributed by atoms with Gasteiger partial charge in [-0.3, -0.25) is 0 Å². The molecule has 1 heterocycles. The lowest BCUT2D eigenvalue weighted by Crippen LogP contribution is -2.65. The van der Waals surface area contributed by atoms with Gasteiger partial charge in [0, 0.05) is 4.91 Å². The highest BCUT2D eigenvalue weighted by Gasteiger charge is 2.51. The van der Waals surface area contributed by atoms with Crippen LogP contribution in [0, 0.1) is 0 Å². The topological polar surface area (TPSA) is 119 Å². The Balaban J connectivity index is 1.87. The van der Waals surface area contributed by atoms with E-state index in [0.717, 1.165) is 10.4 Å². The first-order valence-corrected chi connectivity index (χ1v) is 13.9. The predicted octanol–water partition coefficient (Wildman–Crippen LogP) is 2.79. The van der Waals surface area contributed by atoms with Crippen LogP contribution in [0.1, 0.15) is 26.7 Å². The third-order valence-corrected chi connectivity index (χ3v) is 11.9. The van der Waals surface area contributed by atoms with E-state index >= 15 is 0 Å². The van der Waals surface area contributed by atoms with E-state index in [1.807, 2.05) is 66.9 Å². The second kappa shape index (κ2) is 10.4. The SMILES string of the molecule is CS[C@@H]1OC(CCC(C)(C)[Si](O)(c2ccccc2)c2ccccc2)[C@@H](O)C(O)[C@@H]1N=[N+]=[N-]. The smallest absolute Gasteiger partial charge is 0.258 e. The van der Waals surface area contributed by atoms with Crippen molar-refractivity contribution in [2.45, 2.75) is 61.5 Å². The molecule has 0 amide bonds. The molecule has 0 radical (unpaired) electrons. The van der Waals surface area contributed by atoms with Gasteiger partial charge in [-0.1, -0.05) is 79.6 Å². The van der Waals surface area contributed by atoms with Crippen molar-refractivity contribution >= 4 is 30.5 Å². The van der Waals surface area contributed by atoms with Crippen LogP contribution in [-0.4, -0.2) is 59.4 Å². The minimum Gasteiger partial charge on any atom is -0.424 e. The summed E-state index contributed by atoms with van der Waals surface area (Å²) >= 11 is 1.34. The minimum atomic E-state index is -3.18. The van der Waals surface area contributed by atoms with E-state index in [0.29, 0.717) is 12.8 Å². The molecular weight excluding hydrogens is 442 g/mol. The molecule has 0 saturated carbocycles. The van der Waals surface area contributed by atoms with Crippen LogP contribution in [0.25, 0.3) is 10.4 Å². The summed E-state index contributed by atoms with van der Waals surface area (Å²) in [6.45, 7) is 4.11. The molecule has 7 nitrogen and oxygen atoms in total. The van der Waals surface area contributed by atoms with Crippen molar-refractivity contribution in [1.29, 1.82) is 0 Å². The first-order valence-electron chi connectivity index (χ1n) is 10.7. The fraction of sp³-hybridized carbons (Fsp3) is 0.478. The Bertz CT molecular complexity index is 886. The van der Waals surface area contributed by atoms with Crippen LogP contribution in [0.5, 0.6) is 0 Å². The van der Waals surface area contributed by atoms with Gasteiger partial charge in [-0.15, -0.1) is 11.8 Å². The van der Waals surface area contributed by atoms with Crippen molar-refractivity contribution in [3.05, 3.63) is 71.1 Å². The van der Waals surface area contributed by atoms with Gasteiger partial charge >= 0.3 is 0 Å². The van der Waals surface area contributed by atoms with Crippen molar-refractivity contribution in [1.82, 2.24) is 0 Å². The van der Waals surface area contributed by atoms with Crippen molar-refractivity contribution in [3.63, 3.8) is 0 Å². The molecule has 0 bridgehead atoms. The summed E-state index contributed by atoms with van der Waals surface area (Å²) in [5, 5.41) is 26.2. The molecule has 9 heteroatoms. The summed E-state index contributed by atoms with van der Waals surface area (Å²) in [6, 6.07) is 18.7. The van der Waals surface area contributed by atoms with E-state index in [1.165, 1.54) is 11.8 Å². The molecule has 1 fully saturated rings. The summed E-state index contributed by atoms with van der Waals surface area (Å²) < 4.78 is 6.02. The maximum atomic E-state index is 12.3. The first kappa shape index (κ1) is 24.8. The third kappa shape index (κ3) is 4.74. The normalized spacial score (nSPS) is 26.4. The minimum absolute atomic E-state index is 0.445. The van der Waals surface area contributed by atoms with Crippen LogP contribution in [-0.2, 0) is 4.74 Å². The van der Waals surface area contributed by atoms with E-state index in [1.54, 1.807) is 0 Å². The zero-order chi connectivity index (χ0) is 23.4.